The van der Waals surface area contributed by atoms with Crippen LogP contribution in [0.5, 0.6) is 0 Å². The van der Waals surface area contributed by atoms with Gasteiger partial charge in [0.25, 0.3) is 5.56 Å². The molecule has 9 heteroatoms. The van der Waals surface area contributed by atoms with Gasteiger partial charge < -0.3 is 14.2 Å². The Morgan fingerprint density at radius 2 is 2.04 bits per heavy atom. The number of aromatic nitrogens is 2. The molecule has 1 saturated carbocycles. The van der Waals surface area contributed by atoms with E-state index in [9.17, 15) is 19.2 Å². The summed E-state index contributed by atoms with van der Waals surface area (Å²) in [5, 5.41) is 0. The molecule has 2 fully saturated rings. The predicted molar refractivity (Wildman–Crippen MR) is 83.9 cm³/mol. The van der Waals surface area contributed by atoms with E-state index < -0.39 is 47.2 Å². The van der Waals surface area contributed by atoms with Crippen LogP contribution in [-0.4, -0.2) is 39.3 Å². The van der Waals surface area contributed by atoms with E-state index in [0.29, 0.717) is 18.4 Å². The molecule has 3 unspecified atom stereocenters. The van der Waals surface area contributed by atoms with E-state index in [-0.39, 0.29) is 6.42 Å². The van der Waals surface area contributed by atoms with Gasteiger partial charge in [-0.1, -0.05) is 0 Å². The SMILES string of the molecule is CC(=O)O[C@@H]1CCC2(OC(C)=O)CC(n3cc(C)c(=O)[nH]c3=O)OC12. The van der Waals surface area contributed by atoms with Gasteiger partial charge in [0.05, 0.1) is 0 Å². The molecule has 1 N–H and O–H groups in total. The number of hydrogen-bond donors (Lipinski definition) is 1. The first-order valence-electron chi connectivity index (χ1n) is 8.06. The first-order valence-corrected chi connectivity index (χ1v) is 8.06. The van der Waals surface area contributed by atoms with Gasteiger partial charge in [0, 0.05) is 32.0 Å². The number of fused-ring (bicyclic) bond motifs is 1. The minimum atomic E-state index is -0.958. The van der Waals surface area contributed by atoms with E-state index in [1.807, 2.05) is 0 Å². The maximum atomic E-state index is 12.1. The van der Waals surface area contributed by atoms with Gasteiger partial charge >= 0.3 is 17.6 Å². The molecule has 1 aliphatic carbocycles. The number of carbonyl (C=O) groups is 2. The van der Waals surface area contributed by atoms with Crippen LogP contribution in [0.1, 0.15) is 44.9 Å². The topological polar surface area (TPSA) is 117 Å². The molecule has 25 heavy (non-hydrogen) atoms. The van der Waals surface area contributed by atoms with Crippen molar-refractivity contribution in [2.75, 3.05) is 0 Å². The third kappa shape index (κ3) is 3.11. The van der Waals surface area contributed by atoms with E-state index >= 15 is 0 Å². The molecular formula is C16H20N2O7. The molecule has 1 aromatic rings. The van der Waals surface area contributed by atoms with Crippen molar-refractivity contribution in [3.05, 3.63) is 32.6 Å². The van der Waals surface area contributed by atoms with Crippen molar-refractivity contribution in [1.82, 2.24) is 9.55 Å². The highest BCUT2D eigenvalue weighted by atomic mass is 16.6. The fraction of sp³-hybridized carbons (Fsp3) is 0.625. The van der Waals surface area contributed by atoms with E-state index in [1.54, 1.807) is 6.92 Å². The van der Waals surface area contributed by atoms with Gasteiger partial charge in [-0.05, 0) is 19.8 Å². The van der Waals surface area contributed by atoms with Crippen LogP contribution in [0.15, 0.2) is 15.8 Å². The fourth-order valence-corrected chi connectivity index (χ4v) is 3.70. The maximum Gasteiger partial charge on any atom is 0.330 e. The van der Waals surface area contributed by atoms with Gasteiger partial charge in [0.2, 0.25) is 0 Å². The molecule has 4 atom stereocenters. The van der Waals surface area contributed by atoms with Crippen LogP contribution in [0.25, 0.3) is 0 Å². The Kier molecular flexibility index (Phi) is 4.28. The van der Waals surface area contributed by atoms with Crippen LogP contribution in [0.4, 0.5) is 0 Å². The van der Waals surface area contributed by atoms with Crippen LogP contribution >= 0.6 is 0 Å². The molecule has 1 saturated heterocycles. The van der Waals surface area contributed by atoms with E-state index in [2.05, 4.69) is 4.98 Å². The Bertz CT molecular complexity index is 827. The zero-order valence-electron chi connectivity index (χ0n) is 14.2. The lowest BCUT2D eigenvalue weighted by Gasteiger charge is -2.28. The first kappa shape index (κ1) is 17.4. The number of hydrogen-bond acceptors (Lipinski definition) is 7. The number of nitrogens with zero attached hydrogens (tertiary/aromatic N) is 1. The van der Waals surface area contributed by atoms with Crippen LogP contribution in [0, 0.1) is 6.92 Å². The van der Waals surface area contributed by atoms with Crippen LogP contribution < -0.4 is 11.2 Å². The lowest BCUT2D eigenvalue weighted by Crippen LogP contribution is -2.42. The van der Waals surface area contributed by atoms with Crippen molar-refractivity contribution in [3.63, 3.8) is 0 Å². The summed E-state index contributed by atoms with van der Waals surface area (Å²) in [6, 6.07) is 0. The number of ether oxygens (including phenoxy) is 3. The van der Waals surface area contributed by atoms with Gasteiger partial charge in [-0.25, -0.2) is 4.79 Å². The van der Waals surface area contributed by atoms with Crippen LogP contribution in [-0.2, 0) is 23.8 Å². The highest BCUT2D eigenvalue weighted by Gasteiger charge is 2.60. The minimum absolute atomic E-state index is 0.237. The summed E-state index contributed by atoms with van der Waals surface area (Å²) in [6.07, 6.45) is 0.666. The van der Waals surface area contributed by atoms with Crippen molar-refractivity contribution in [2.45, 2.75) is 64.1 Å². The number of aromatic amines is 1. The van der Waals surface area contributed by atoms with E-state index in [4.69, 9.17) is 14.2 Å². The summed E-state index contributed by atoms with van der Waals surface area (Å²) in [5.41, 5.74) is -1.67. The van der Waals surface area contributed by atoms with Crippen molar-refractivity contribution in [3.8, 4) is 0 Å². The molecule has 1 aliphatic heterocycles. The number of rotatable bonds is 3. The van der Waals surface area contributed by atoms with Gasteiger partial charge in [-0.3, -0.25) is 23.9 Å². The molecule has 0 radical (unpaired) electrons. The number of esters is 2. The van der Waals surface area contributed by atoms with Crippen LogP contribution in [0.2, 0.25) is 0 Å². The van der Waals surface area contributed by atoms with Crippen molar-refractivity contribution in [1.29, 1.82) is 0 Å². The highest BCUT2D eigenvalue weighted by Crippen LogP contribution is 2.49. The summed E-state index contributed by atoms with van der Waals surface area (Å²) in [5.74, 6) is -0.921. The predicted octanol–water partition coefficient (Wildman–Crippen LogP) is 0.160. The molecule has 0 spiro atoms. The molecule has 9 nitrogen and oxygen atoms in total. The molecule has 0 aromatic carbocycles. The van der Waals surface area contributed by atoms with Gasteiger partial charge in [0.1, 0.15) is 24.0 Å². The zero-order valence-corrected chi connectivity index (χ0v) is 14.2. The first-order chi connectivity index (χ1) is 11.7. The number of nitrogens with one attached hydrogen (secondary N) is 1. The third-order valence-corrected chi connectivity index (χ3v) is 4.65. The molecule has 1 aromatic heterocycles. The van der Waals surface area contributed by atoms with Crippen LogP contribution in [0.3, 0.4) is 0 Å². The van der Waals surface area contributed by atoms with Crippen molar-refractivity contribution >= 4 is 11.9 Å². The molecule has 2 heterocycles. The molecule has 2 aliphatic rings. The maximum absolute atomic E-state index is 12.1. The average Bonchev–Trinajstić information content (AvgIpc) is 2.99. The highest BCUT2D eigenvalue weighted by molar-refractivity contribution is 5.67. The summed E-state index contributed by atoms with van der Waals surface area (Å²) >= 11 is 0. The zero-order chi connectivity index (χ0) is 18.4. The van der Waals surface area contributed by atoms with E-state index in [0.717, 1.165) is 0 Å². The second-order valence-corrected chi connectivity index (χ2v) is 6.54. The van der Waals surface area contributed by atoms with E-state index in [1.165, 1.54) is 24.6 Å². The number of carbonyl (C=O) groups excluding carboxylic acids is 2. The summed E-state index contributed by atoms with van der Waals surface area (Å²) < 4.78 is 18.0. The molecule has 0 bridgehead atoms. The number of aryl methyl sites for hydroxylation is 1. The standard InChI is InChI=1S/C16H20N2O7/c1-8-7-18(15(22)17-14(8)21)12-6-16(25-10(3)20)5-4-11(13(16)24-12)23-9(2)19/h7,11-13H,4-6H2,1-3H3,(H,17,21,22)/t11-,12?,13?,16?/m1/s1. The molecule has 0 amide bonds. The molecule has 136 valence electrons. The Morgan fingerprint density at radius 3 is 2.68 bits per heavy atom. The third-order valence-electron chi connectivity index (χ3n) is 4.65. The average molecular weight is 352 g/mol. The van der Waals surface area contributed by atoms with Crippen molar-refractivity contribution in [2.24, 2.45) is 0 Å². The summed E-state index contributed by atoms with van der Waals surface area (Å²) in [7, 11) is 0. The lowest BCUT2D eigenvalue weighted by molar-refractivity contribution is -0.169. The van der Waals surface area contributed by atoms with Gasteiger partial charge in [-0.2, -0.15) is 0 Å². The Hall–Kier alpha value is -2.42. The summed E-state index contributed by atoms with van der Waals surface area (Å²) in [6.45, 7) is 4.18. The second kappa shape index (κ2) is 6.14. The van der Waals surface area contributed by atoms with Crippen molar-refractivity contribution < 1.29 is 23.8 Å². The smallest absolute Gasteiger partial charge is 0.330 e. The Balaban J connectivity index is 1.95. The fourth-order valence-electron chi connectivity index (χ4n) is 3.70. The van der Waals surface area contributed by atoms with Gasteiger partial charge in [-0.15, -0.1) is 0 Å². The lowest BCUT2D eigenvalue weighted by atomic mass is 9.96. The largest absolute Gasteiger partial charge is 0.460 e. The quantitative estimate of drug-likeness (QED) is 0.770. The normalized spacial score (nSPS) is 30.8. The monoisotopic (exact) mass is 352 g/mol. The minimum Gasteiger partial charge on any atom is -0.460 e. The Morgan fingerprint density at radius 1 is 1.32 bits per heavy atom. The Labute approximate surface area is 142 Å². The van der Waals surface area contributed by atoms with Gasteiger partial charge in [0.15, 0.2) is 0 Å². The molecular weight excluding hydrogens is 332 g/mol. The summed E-state index contributed by atoms with van der Waals surface area (Å²) in [4.78, 5) is 48.8. The number of H-pyrrole nitrogens is 1. The second-order valence-electron chi connectivity index (χ2n) is 6.54. The molecule has 3 rings (SSSR count).